The molecule has 0 saturated heterocycles. The SMILES string of the molecule is CC(C)Oc1ccc(NC(N)=NCc2cc3ccccc3[nH]2)cc1. The van der Waals surface area contributed by atoms with E-state index in [1.165, 1.54) is 5.39 Å². The number of benzene rings is 2. The molecule has 5 heteroatoms. The summed E-state index contributed by atoms with van der Waals surface area (Å²) >= 11 is 0. The highest BCUT2D eigenvalue weighted by molar-refractivity contribution is 5.92. The van der Waals surface area contributed by atoms with Crippen molar-refractivity contribution in [2.45, 2.75) is 26.5 Å². The fraction of sp³-hybridized carbons (Fsp3) is 0.211. The van der Waals surface area contributed by atoms with Crippen LogP contribution in [0.4, 0.5) is 5.69 Å². The average molecular weight is 322 g/mol. The Labute approximate surface area is 141 Å². The molecule has 2 aromatic carbocycles. The van der Waals surface area contributed by atoms with Crippen LogP contribution in [0.5, 0.6) is 5.75 Å². The first-order valence-corrected chi connectivity index (χ1v) is 8.00. The third-order valence-corrected chi connectivity index (χ3v) is 3.50. The molecule has 124 valence electrons. The van der Waals surface area contributed by atoms with Crippen LogP contribution in [-0.2, 0) is 6.54 Å². The molecule has 0 bridgehead atoms. The summed E-state index contributed by atoms with van der Waals surface area (Å²) in [6.07, 6.45) is 0.159. The van der Waals surface area contributed by atoms with E-state index in [0.29, 0.717) is 12.5 Å². The number of H-pyrrole nitrogens is 1. The highest BCUT2D eigenvalue weighted by Gasteiger charge is 2.01. The van der Waals surface area contributed by atoms with Gasteiger partial charge in [0.1, 0.15) is 5.75 Å². The van der Waals surface area contributed by atoms with Gasteiger partial charge in [0.2, 0.25) is 0 Å². The van der Waals surface area contributed by atoms with Gasteiger partial charge in [-0.05, 0) is 55.6 Å². The second-order valence-electron chi connectivity index (χ2n) is 5.90. The van der Waals surface area contributed by atoms with Crippen molar-refractivity contribution in [2.24, 2.45) is 10.7 Å². The maximum Gasteiger partial charge on any atom is 0.193 e. The zero-order valence-corrected chi connectivity index (χ0v) is 13.9. The van der Waals surface area contributed by atoms with Gasteiger partial charge in [-0.2, -0.15) is 0 Å². The molecule has 0 fully saturated rings. The summed E-state index contributed by atoms with van der Waals surface area (Å²) in [5.74, 6) is 1.22. The molecule has 0 aliphatic heterocycles. The minimum atomic E-state index is 0.159. The molecule has 0 atom stereocenters. The molecule has 3 aromatic rings. The largest absolute Gasteiger partial charge is 0.491 e. The number of aliphatic imine (C=N–C) groups is 1. The lowest BCUT2D eigenvalue weighted by atomic mass is 10.2. The first kappa shape index (κ1) is 15.9. The van der Waals surface area contributed by atoms with Crippen molar-refractivity contribution < 1.29 is 4.74 Å². The summed E-state index contributed by atoms with van der Waals surface area (Å²) in [6, 6.07) is 17.9. The van der Waals surface area contributed by atoms with Crippen molar-refractivity contribution in [2.75, 3.05) is 5.32 Å². The Morgan fingerprint density at radius 3 is 2.62 bits per heavy atom. The Bertz CT molecular complexity index is 801. The minimum Gasteiger partial charge on any atom is -0.491 e. The van der Waals surface area contributed by atoms with E-state index in [4.69, 9.17) is 10.5 Å². The van der Waals surface area contributed by atoms with Gasteiger partial charge < -0.3 is 20.8 Å². The molecule has 1 aromatic heterocycles. The Morgan fingerprint density at radius 2 is 1.92 bits per heavy atom. The number of anilines is 1. The molecular weight excluding hydrogens is 300 g/mol. The molecule has 0 spiro atoms. The van der Waals surface area contributed by atoms with E-state index in [1.807, 2.05) is 56.3 Å². The van der Waals surface area contributed by atoms with Crippen molar-refractivity contribution >= 4 is 22.5 Å². The monoisotopic (exact) mass is 322 g/mol. The quantitative estimate of drug-likeness (QED) is 0.493. The molecule has 1 heterocycles. The molecule has 0 amide bonds. The third kappa shape index (κ3) is 4.07. The number of nitrogens with zero attached hydrogens (tertiary/aromatic N) is 1. The summed E-state index contributed by atoms with van der Waals surface area (Å²) in [5.41, 5.74) is 8.97. The summed E-state index contributed by atoms with van der Waals surface area (Å²) in [7, 11) is 0. The number of aromatic nitrogens is 1. The van der Waals surface area contributed by atoms with Gasteiger partial charge in [-0.15, -0.1) is 0 Å². The number of aromatic amines is 1. The van der Waals surface area contributed by atoms with Crippen LogP contribution in [0.15, 0.2) is 59.6 Å². The lowest BCUT2D eigenvalue weighted by molar-refractivity contribution is 0.242. The fourth-order valence-corrected chi connectivity index (χ4v) is 2.47. The minimum absolute atomic E-state index is 0.159. The Hall–Kier alpha value is -2.95. The van der Waals surface area contributed by atoms with Crippen molar-refractivity contribution in [3.05, 3.63) is 60.3 Å². The van der Waals surface area contributed by atoms with Crippen LogP contribution < -0.4 is 15.8 Å². The molecule has 0 saturated carbocycles. The number of nitrogens with one attached hydrogen (secondary N) is 2. The van der Waals surface area contributed by atoms with E-state index in [9.17, 15) is 0 Å². The Balaban J connectivity index is 1.61. The number of rotatable bonds is 5. The zero-order chi connectivity index (χ0) is 16.9. The molecule has 0 unspecified atom stereocenters. The van der Waals surface area contributed by atoms with Crippen molar-refractivity contribution in [3.8, 4) is 5.75 Å². The second-order valence-corrected chi connectivity index (χ2v) is 5.90. The van der Waals surface area contributed by atoms with E-state index in [0.717, 1.165) is 22.6 Å². The van der Waals surface area contributed by atoms with Crippen molar-refractivity contribution in [1.82, 2.24) is 4.98 Å². The van der Waals surface area contributed by atoms with Crippen LogP contribution in [0.25, 0.3) is 10.9 Å². The Morgan fingerprint density at radius 1 is 1.17 bits per heavy atom. The maximum absolute atomic E-state index is 5.96. The first-order valence-electron chi connectivity index (χ1n) is 8.00. The molecule has 0 aliphatic rings. The van der Waals surface area contributed by atoms with Crippen molar-refractivity contribution in [1.29, 1.82) is 0 Å². The topological polar surface area (TPSA) is 75.4 Å². The first-order chi connectivity index (χ1) is 11.6. The van der Waals surface area contributed by atoms with E-state index in [-0.39, 0.29) is 6.10 Å². The van der Waals surface area contributed by atoms with E-state index >= 15 is 0 Å². The number of guanidine groups is 1. The standard InChI is InChI=1S/C19H22N4O/c1-13(2)24-17-9-7-15(8-10-17)23-19(20)21-12-16-11-14-5-3-4-6-18(14)22-16/h3-11,13,22H,12H2,1-2H3,(H3,20,21,23). The van der Waals surface area contributed by atoms with Gasteiger partial charge in [0.25, 0.3) is 0 Å². The number of para-hydroxylation sites is 1. The number of ether oxygens (including phenoxy) is 1. The summed E-state index contributed by atoms with van der Waals surface area (Å²) in [5, 5.41) is 4.26. The highest BCUT2D eigenvalue weighted by Crippen LogP contribution is 2.17. The van der Waals surface area contributed by atoms with E-state index < -0.39 is 0 Å². The van der Waals surface area contributed by atoms with Gasteiger partial charge in [-0.1, -0.05) is 18.2 Å². The lowest BCUT2D eigenvalue weighted by Crippen LogP contribution is -2.22. The lowest BCUT2D eigenvalue weighted by Gasteiger charge is -2.10. The maximum atomic E-state index is 5.96. The number of hydrogen-bond acceptors (Lipinski definition) is 2. The zero-order valence-electron chi connectivity index (χ0n) is 13.9. The molecule has 3 rings (SSSR count). The molecule has 5 nitrogen and oxygen atoms in total. The third-order valence-electron chi connectivity index (χ3n) is 3.50. The summed E-state index contributed by atoms with van der Waals surface area (Å²) in [6.45, 7) is 4.50. The van der Waals surface area contributed by atoms with Crippen LogP contribution in [0.2, 0.25) is 0 Å². The number of nitrogens with two attached hydrogens (primary N) is 1. The molecule has 0 aliphatic carbocycles. The highest BCUT2D eigenvalue weighted by atomic mass is 16.5. The van der Waals surface area contributed by atoms with E-state index in [1.54, 1.807) is 0 Å². The average Bonchev–Trinajstić information content (AvgIpc) is 2.97. The van der Waals surface area contributed by atoms with E-state index in [2.05, 4.69) is 27.4 Å². The summed E-state index contributed by atoms with van der Waals surface area (Å²) < 4.78 is 5.61. The second kappa shape index (κ2) is 7.08. The fourth-order valence-electron chi connectivity index (χ4n) is 2.47. The van der Waals surface area contributed by atoms with Gasteiger partial charge >= 0.3 is 0 Å². The van der Waals surface area contributed by atoms with Gasteiger partial charge in [0, 0.05) is 16.9 Å². The van der Waals surface area contributed by atoms with Gasteiger partial charge in [0.15, 0.2) is 5.96 Å². The Kier molecular flexibility index (Phi) is 4.70. The number of hydrogen-bond donors (Lipinski definition) is 3. The van der Waals surface area contributed by atoms with Gasteiger partial charge in [-0.25, -0.2) is 4.99 Å². The number of fused-ring (bicyclic) bond motifs is 1. The van der Waals surface area contributed by atoms with Crippen LogP contribution in [0, 0.1) is 0 Å². The molecule has 0 radical (unpaired) electrons. The van der Waals surface area contributed by atoms with Crippen LogP contribution in [0.3, 0.4) is 0 Å². The van der Waals surface area contributed by atoms with Gasteiger partial charge in [0.05, 0.1) is 12.6 Å². The predicted molar refractivity (Wildman–Crippen MR) is 99.5 cm³/mol. The normalized spacial score (nSPS) is 11.9. The molecule has 4 N–H and O–H groups in total. The van der Waals surface area contributed by atoms with Gasteiger partial charge in [-0.3, -0.25) is 0 Å². The summed E-state index contributed by atoms with van der Waals surface area (Å²) in [4.78, 5) is 7.71. The molecule has 24 heavy (non-hydrogen) atoms. The van der Waals surface area contributed by atoms with Crippen LogP contribution in [0.1, 0.15) is 19.5 Å². The smallest absolute Gasteiger partial charge is 0.193 e. The predicted octanol–water partition coefficient (Wildman–Crippen LogP) is 3.88. The van der Waals surface area contributed by atoms with Crippen LogP contribution >= 0.6 is 0 Å². The molecular formula is C19H22N4O. The van der Waals surface area contributed by atoms with Crippen LogP contribution in [-0.4, -0.2) is 17.0 Å². The van der Waals surface area contributed by atoms with Crippen molar-refractivity contribution in [3.63, 3.8) is 0 Å².